The zero-order valence-corrected chi connectivity index (χ0v) is 24.0. The minimum atomic E-state index is -4.50. The van der Waals surface area contributed by atoms with E-state index >= 15 is 0 Å². The first-order chi connectivity index (χ1) is 16.1. The zero-order chi connectivity index (χ0) is 26.9. The van der Waals surface area contributed by atoms with E-state index in [1.54, 1.807) is 18.2 Å². The van der Waals surface area contributed by atoms with Gasteiger partial charge >= 0.3 is 16.4 Å². The Kier molecular flexibility index (Phi) is 12.2. The lowest BCUT2D eigenvalue weighted by atomic mass is 9.70. The number of hydrogen-bond donors (Lipinski definition) is 1. The summed E-state index contributed by atoms with van der Waals surface area (Å²) in [4.78, 5) is 11.8. The maximum absolute atomic E-state index is 12.9. The van der Waals surface area contributed by atoms with Gasteiger partial charge in [-0.3, -0.25) is 4.18 Å². The molecule has 7 heteroatoms. The summed E-state index contributed by atoms with van der Waals surface area (Å²) < 4.78 is 31.5. The first kappa shape index (κ1) is 31.4. The Bertz CT molecular complexity index is 856. The molecule has 0 aliphatic carbocycles. The van der Waals surface area contributed by atoms with Crippen molar-refractivity contribution in [2.24, 2.45) is 28.6 Å². The minimum Gasteiger partial charge on any atom is -0.464 e. The van der Waals surface area contributed by atoms with Crippen LogP contribution in [0.5, 0.6) is 0 Å². The van der Waals surface area contributed by atoms with Gasteiger partial charge in [-0.1, -0.05) is 99.3 Å². The van der Waals surface area contributed by atoms with E-state index in [0.717, 1.165) is 12.8 Å². The third-order valence-corrected chi connectivity index (χ3v) is 8.28. The summed E-state index contributed by atoms with van der Waals surface area (Å²) in [6.07, 6.45) is 6.56. The highest BCUT2D eigenvalue weighted by atomic mass is 32.2. The molecule has 0 fully saturated rings. The Morgan fingerprint density at radius 1 is 0.943 bits per heavy atom. The molecule has 0 spiro atoms. The molecule has 3 unspecified atom stereocenters. The van der Waals surface area contributed by atoms with E-state index in [1.807, 2.05) is 0 Å². The molecule has 0 radical (unpaired) electrons. The van der Waals surface area contributed by atoms with E-state index in [9.17, 15) is 18.3 Å². The lowest BCUT2D eigenvalue weighted by Crippen LogP contribution is -2.39. The molecule has 6 nitrogen and oxygen atoms in total. The zero-order valence-electron chi connectivity index (χ0n) is 23.2. The molecule has 0 heterocycles. The highest BCUT2D eigenvalue weighted by Gasteiger charge is 2.35. The van der Waals surface area contributed by atoms with Crippen LogP contribution in [0.1, 0.15) is 100 Å². The molecule has 0 saturated carbocycles. The van der Waals surface area contributed by atoms with Gasteiger partial charge in [0, 0.05) is 0 Å². The molecule has 0 saturated heterocycles. The van der Waals surface area contributed by atoms with Crippen molar-refractivity contribution in [3.8, 4) is 0 Å². The van der Waals surface area contributed by atoms with Gasteiger partial charge in [0.25, 0.3) is 0 Å². The summed E-state index contributed by atoms with van der Waals surface area (Å²) in [7, 11) is -4.50. The van der Waals surface area contributed by atoms with Crippen molar-refractivity contribution in [3.63, 3.8) is 0 Å². The van der Waals surface area contributed by atoms with Gasteiger partial charge in [-0.05, 0) is 60.0 Å². The van der Waals surface area contributed by atoms with Crippen molar-refractivity contribution in [2.45, 2.75) is 100 Å². The molecule has 35 heavy (non-hydrogen) atoms. The maximum Gasteiger partial charge on any atom is 0.427 e. The number of hydrogen-bond acceptors (Lipinski definition) is 4. The number of rotatable bonds is 14. The van der Waals surface area contributed by atoms with E-state index in [-0.39, 0.29) is 29.0 Å². The van der Waals surface area contributed by atoms with Crippen molar-refractivity contribution in [3.05, 3.63) is 30.3 Å². The van der Waals surface area contributed by atoms with E-state index in [2.05, 4.69) is 55.4 Å². The summed E-state index contributed by atoms with van der Waals surface area (Å²) in [6, 6.07) is 7.75. The third-order valence-electron chi connectivity index (χ3n) is 7.04. The summed E-state index contributed by atoms with van der Waals surface area (Å²) in [5, 5.41) is 9.58. The topological polar surface area (TPSA) is 83.9 Å². The SMILES string of the molecule is CCCCCCC(CC(C)CC(COS(=O)(=O)N(C(=O)O)c1ccccc1)C(C)(C)C)C(C)(C)C. The molecule has 0 aromatic heterocycles. The van der Waals surface area contributed by atoms with Crippen molar-refractivity contribution < 1.29 is 22.5 Å². The number of benzene rings is 1. The third kappa shape index (κ3) is 10.9. The van der Waals surface area contributed by atoms with Gasteiger partial charge in [0.2, 0.25) is 0 Å². The number of unbranched alkanes of at least 4 members (excludes halogenated alkanes) is 3. The molecule has 0 bridgehead atoms. The van der Waals surface area contributed by atoms with E-state index in [0.29, 0.717) is 16.1 Å². The average Bonchev–Trinajstić information content (AvgIpc) is 2.72. The molecule has 0 aliphatic rings. The normalized spacial score (nSPS) is 15.4. The second-order valence-electron chi connectivity index (χ2n) is 12.2. The molecule has 0 aliphatic heterocycles. The van der Waals surface area contributed by atoms with Gasteiger partial charge in [-0.2, -0.15) is 8.42 Å². The van der Waals surface area contributed by atoms with E-state index in [4.69, 9.17) is 4.18 Å². The van der Waals surface area contributed by atoms with Gasteiger partial charge in [0.15, 0.2) is 0 Å². The monoisotopic (exact) mass is 511 g/mol. The molecule has 3 atom stereocenters. The Morgan fingerprint density at radius 3 is 1.97 bits per heavy atom. The average molecular weight is 512 g/mol. The van der Waals surface area contributed by atoms with Crippen LogP contribution in [0.25, 0.3) is 0 Å². The highest BCUT2D eigenvalue weighted by molar-refractivity contribution is 7.89. The fourth-order valence-corrected chi connectivity index (χ4v) is 5.59. The molecule has 202 valence electrons. The number of nitrogens with zero attached hydrogens (tertiary/aromatic N) is 1. The van der Waals surface area contributed by atoms with Crippen LogP contribution < -0.4 is 4.31 Å². The number of anilines is 1. The quantitative estimate of drug-likeness (QED) is 0.255. The predicted molar refractivity (Wildman–Crippen MR) is 145 cm³/mol. The highest BCUT2D eigenvalue weighted by Crippen LogP contribution is 2.39. The molecular weight excluding hydrogens is 462 g/mol. The first-order valence-electron chi connectivity index (χ1n) is 13.1. The Labute approximate surface area is 214 Å². The van der Waals surface area contributed by atoms with Crippen LogP contribution in [0.4, 0.5) is 10.5 Å². The number of para-hydroxylation sites is 1. The summed E-state index contributed by atoms with van der Waals surface area (Å²) in [6.45, 7) is 17.6. The van der Waals surface area contributed by atoms with Gasteiger partial charge in [-0.25, -0.2) is 4.79 Å². The lowest BCUT2D eigenvalue weighted by molar-refractivity contribution is 0.107. The molecule has 1 amide bonds. The smallest absolute Gasteiger partial charge is 0.427 e. The summed E-state index contributed by atoms with van der Waals surface area (Å²) in [5.74, 6) is 0.949. The Morgan fingerprint density at radius 2 is 1.49 bits per heavy atom. The number of amides is 1. The standard InChI is InChI=1S/C28H49NO5S/c1-9-10-11-13-16-23(27(3,4)5)19-22(2)20-24(28(6,7)8)21-34-35(32,33)29(26(30)31)25-17-14-12-15-18-25/h12,14-15,17-18,22-24H,9-11,13,16,19-21H2,1-8H3,(H,30,31). The van der Waals surface area contributed by atoms with Crippen LogP contribution in [0.3, 0.4) is 0 Å². The summed E-state index contributed by atoms with van der Waals surface area (Å²) in [5.41, 5.74) is 0.0646. The molecule has 1 N–H and O–H groups in total. The number of carbonyl (C=O) groups is 1. The van der Waals surface area contributed by atoms with Crippen molar-refractivity contribution in [2.75, 3.05) is 10.9 Å². The Balaban J connectivity index is 2.92. The molecule has 1 aromatic carbocycles. The van der Waals surface area contributed by atoms with E-state index < -0.39 is 16.4 Å². The molecule has 1 aromatic rings. The van der Waals surface area contributed by atoms with Crippen LogP contribution in [0.2, 0.25) is 0 Å². The van der Waals surface area contributed by atoms with Gasteiger partial charge in [-0.15, -0.1) is 4.31 Å². The van der Waals surface area contributed by atoms with Crippen molar-refractivity contribution in [1.82, 2.24) is 0 Å². The van der Waals surface area contributed by atoms with Crippen LogP contribution >= 0.6 is 0 Å². The van der Waals surface area contributed by atoms with Crippen LogP contribution in [0.15, 0.2) is 30.3 Å². The fourth-order valence-electron chi connectivity index (χ4n) is 4.58. The second-order valence-corrected chi connectivity index (χ2v) is 13.6. The largest absolute Gasteiger partial charge is 0.464 e. The van der Waals surface area contributed by atoms with E-state index in [1.165, 1.54) is 44.2 Å². The molecular formula is C28H49NO5S. The van der Waals surface area contributed by atoms with Crippen LogP contribution in [0, 0.1) is 28.6 Å². The summed E-state index contributed by atoms with van der Waals surface area (Å²) >= 11 is 0. The van der Waals surface area contributed by atoms with Crippen LogP contribution in [-0.2, 0) is 14.5 Å². The maximum atomic E-state index is 12.9. The lowest BCUT2D eigenvalue weighted by Gasteiger charge is -2.36. The Hall–Kier alpha value is -1.60. The van der Waals surface area contributed by atoms with Crippen molar-refractivity contribution in [1.29, 1.82) is 0 Å². The predicted octanol–water partition coefficient (Wildman–Crippen LogP) is 8.14. The molecule has 1 rings (SSSR count). The fraction of sp³-hybridized carbons (Fsp3) is 0.750. The van der Waals surface area contributed by atoms with Crippen LogP contribution in [-0.4, -0.2) is 26.2 Å². The minimum absolute atomic E-state index is 0.0387. The van der Waals surface area contributed by atoms with Gasteiger partial charge < -0.3 is 5.11 Å². The van der Waals surface area contributed by atoms with Gasteiger partial charge in [0.1, 0.15) is 0 Å². The van der Waals surface area contributed by atoms with Crippen molar-refractivity contribution >= 4 is 22.1 Å². The second kappa shape index (κ2) is 13.6. The number of carboxylic acid groups (broad SMARTS) is 1. The first-order valence-corrected chi connectivity index (χ1v) is 14.4. The van der Waals surface area contributed by atoms with Gasteiger partial charge in [0.05, 0.1) is 12.3 Å².